The van der Waals surface area contributed by atoms with Crippen LogP contribution in [-0.2, 0) is 6.42 Å². The van der Waals surface area contributed by atoms with E-state index in [0.29, 0.717) is 0 Å². The molecule has 2 rings (SSSR count). The molecular formula is C16H24N2S2. The van der Waals surface area contributed by atoms with Crippen molar-refractivity contribution in [2.45, 2.75) is 63.3 Å². The zero-order valence-electron chi connectivity index (χ0n) is 12.8. The highest BCUT2D eigenvalue weighted by Crippen LogP contribution is 2.31. The number of aromatic nitrogens is 1. The molecule has 1 N–H and O–H groups in total. The molecule has 0 amide bonds. The van der Waals surface area contributed by atoms with Crippen molar-refractivity contribution in [3.8, 4) is 0 Å². The van der Waals surface area contributed by atoms with Gasteiger partial charge < -0.3 is 0 Å². The number of hydrogen-bond donors (Lipinski definition) is 1. The first kappa shape index (κ1) is 15.8. The van der Waals surface area contributed by atoms with Crippen molar-refractivity contribution in [2.75, 3.05) is 0 Å². The van der Waals surface area contributed by atoms with Crippen molar-refractivity contribution in [2.24, 2.45) is 0 Å². The van der Waals surface area contributed by atoms with Crippen LogP contribution in [0.4, 0.5) is 0 Å². The predicted molar refractivity (Wildman–Crippen MR) is 91.6 cm³/mol. The minimum absolute atomic E-state index is 0.146. The molecule has 1 aromatic carbocycles. The molecule has 0 unspecified atom stereocenters. The van der Waals surface area contributed by atoms with Crippen LogP contribution < -0.4 is 4.72 Å². The van der Waals surface area contributed by atoms with Gasteiger partial charge in [-0.05, 0) is 56.7 Å². The molecule has 0 aliphatic heterocycles. The van der Waals surface area contributed by atoms with Crippen molar-refractivity contribution in [1.29, 1.82) is 0 Å². The molecule has 0 saturated carbocycles. The van der Waals surface area contributed by atoms with Crippen LogP contribution in [0, 0.1) is 0 Å². The largest absolute Gasteiger partial charge is 0.252 e. The fourth-order valence-corrected chi connectivity index (χ4v) is 3.80. The maximum absolute atomic E-state index is 4.82. The number of nitrogens with one attached hydrogen (secondary N) is 1. The van der Waals surface area contributed by atoms with Crippen LogP contribution in [-0.4, -0.2) is 10.5 Å². The van der Waals surface area contributed by atoms with Gasteiger partial charge in [-0.15, -0.1) is 11.3 Å². The van der Waals surface area contributed by atoms with E-state index in [1.165, 1.54) is 28.6 Å². The first-order chi connectivity index (χ1) is 9.55. The molecule has 0 radical (unpaired) electrons. The second-order valence-corrected chi connectivity index (χ2v) is 7.87. The summed E-state index contributed by atoms with van der Waals surface area (Å²) in [5.74, 6) is 0. The standard InChI is InChI=1S/C16H24N2S2/c1-5-7-9-12-10-8-11-13-14(12)17-15(19-13)20-18-16(3,4)6-2/h8,10-11,18H,5-7,9H2,1-4H3. The lowest BCUT2D eigenvalue weighted by Crippen LogP contribution is -2.33. The van der Waals surface area contributed by atoms with E-state index in [-0.39, 0.29) is 5.54 Å². The Kier molecular flexibility index (Phi) is 5.47. The molecule has 4 heteroatoms. The monoisotopic (exact) mass is 308 g/mol. The maximum Gasteiger partial charge on any atom is 0.166 e. The maximum atomic E-state index is 4.82. The molecule has 2 aromatic rings. The number of hydrogen-bond acceptors (Lipinski definition) is 4. The Labute approximate surface area is 130 Å². The van der Waals surface area contributed by atoms with E-state index >= 15 is 0 Å². The van der Waals surface area contributed by atoms with Crippen LogP contribution in [0.2, 0.25) is 0 Å². The summed E-state index contributed by atoms with van der Waals surface area (Å²) >= 11 is 3.45. The summed E-state index contributed by atoms with van der Waals surface area (Å²) in [5.41, 5.74) is 2.74. The van der Waals surface area contributed by atoms with Gasteiger partial charge in [-0.2, -0.15) is 0 Å². The lowest BCUT2D eigenvalue weighted by atomic mass is 10.0. The summed E-state index contributed by atoms with van der Waals surface area (Å²) in [7, 11) is 0. The Morgan fingerprint density at radius 3 is 2.80 bits per heavy atom. The summed E-state index contributed by atoms with van der Waals surface area (Å²) in [6, 6.07) is 6.55. The molecular weight excluding hydrogens is 284 g/mol. The van der Waals surface area contributed by atoms with Crippen LogP contribution in [0.1, 0.15) is 52.5 Å². The Morgan fingerprint density at radius 1 is 1.30 bits per heavy atom. The fraction of sp³-hybridized carbons (Fsp3) is 0.562. The van der Waals surface area contributed by atoms with Gasteiger partial charge in [-0.3, -0.25) is 4.72 Å². The van der Waals surface area contributed by atoms with Crippen molar-refractivity contribution >= 4 is 33.5 Å². The van der Waals surface area contributed by atoms with E-state index in [4.69, 9.17) is 4.98 Å². The lowest BCUT2D eigenvalue weighted by Gasteiger charge is -2.22. The molecule has 0 aliphatic carbocycles. The first-order valence-corrected chi connectivity index (χ1v) is 9.01. The zero-order chi connectivity index (χ0) is 14.6. The van der Waals surface area contributed by atoms with E-state index in [1.54, 1.807) is 23.3 Å². The third kappa shape index (κ3) is 3.96. The average molecular weight is 309 g/mol. The van der Waals surface area contributed by atoms with Crippen molar-refractivity contribution in [3.63, 3.8) is 0 Å². The molecule has 0 saturated heterocycles. The van der Waals surface area contributed by atoms with Crippen LogP contribution >= 0.6 is 23.3 Å². The van der Waals surface area contributed by atoms with E-state index in [1.807, 2.05) is 0 Å². The Hall–Kier alpha value is -0.580. The van der Waals surface area contributed by atoms with E-state index in [0.717, 1.165) is 17.2 Å². The summed E-state index contributed by atoms with van der Waals surface area (Å²) < 4.78 is 5.93. The van der Waals surface area contributed by atoms with Crippen LogP contribution in [0.3, 0.4) is 0 Å². The normalized spacial score (nSPS) is 12.2. The Bertz CT molecular complexity index is 561. The highest BCUT2D eigenvalue weighted by atomic mass is 32.2. The Balaban J connectivity index is 2.16. The van der Waals surface area contributed by atoms with E-state index in [2.05, 4.69) is 50.6 Å². The first-order valence-electron chi connectivity index (χ1n) is 7.38. The molecule has 1 heterocycles. The van der Waals surface area contributed by atoms with Gasteiger partial charge in [-0.1, -0.05) is 32.4 Å². The van der Waals surface area contributed by atoms with E-state index in [9.17, 15) is 0 Å². The van der Waals surface area contributed by atoms with Crippen molar-refractivity contribution in [1.82, 2.24) is 9.71 Å². The third-order valence-corrected chi connectivity index (χ3v) is 5.82. The molecule has 0 atom stereocenters. The van der Waals surface area contributed by atoms with Crippen LogP contribution in [0.25, 0.3) is 10.2 Å². The molecule has 0 bridgehead atoms. The molecule has 2 nitrogen and oxygen atoms in total. The second kappa shape index (κ2) is 6.92. The fourth-order valence-electron chi connectivity index (χ4n) is 1.85. The summed E-state index contributed by atoms with van der Waals surface area (Å²) in [5, 5.41) is 0. The highest BCUT2D eigenvalue weighted by Gasteiger charge is 2.16. The van der Waals surface area contributed by atoms with Crippen molar-refractivity contribution < 1.29 is 0 Å². The average Bonchev–Trinajstić information content (AvgIpc) is 2.86. The van der Waals surface area contributed by atoms with Crippen LogP contribution in [0.15, 0.2) is 22.5 Å². The third-order valence-electron chi connectivity index (χ3n) is 3.58. The van der Waals surface area contributed by atoms with E-state index < -0.39 is 0 Å². The minimum Gasteiger partial charge on any atom is -0.252 e. The van der Waals surface area contributed by atoms with Gasteiger partial charge in [0.1, 0.15) is 0 Å². The minimum atomic E-state index is 0.146. The second-order valence-electron chi connectivity index (χ2n) is 5.79. The number of unbranched alkanes of at least 4 members (excludes halogenated alkanes) is 1. The number of rotatable bonds is 7. The van der Waals surface area contributed by atoms with Crippen molar-refractivity contribution in [3.05, 3.63) is 23.8 Å². The molecule has 110 valence electrons. The van der Waals surface area contributed by atoms with Gasteiger partial charge in [0, 0.05) is 5.54 Å². The van der Waals surface area contributed by atoms with Gasteiger partial charge in [0.25, 0.3) is 0 Å². The molecule has 20 heavy (non-hydrogen) atoms. The summed E-state index contributed by atoms with van der Waals surface area (Å²) in [4.78, 5) is 4.82. The van der Waals surface area contributed by atoms with Gasteiger partial charge >= 0.3 is 0 Å². The quantitative estimate of drug-likeness (QED) is 0.691. The Morgan fingerprint density at radius 2 is 2.10 bits per heavy atom. The molecule has 0 aliphatic rings. The zero-order valence-corrected chi connectivity index (χ0v) is 14.5. The van der Waals surface area contributed by atoms with Crippen LogP contribution in [0.5, 0.6) is 0 Å². The van der Waals surface area contributed by atoms with Gasteiger partial charge in [0.2, 0.25) is 0 Å². The lowest BCUT2D eigenvalue weighted by molar-refractivity contribution is 0.464. The number of para-hydroxylation sites is 1. The highest BCUT2D eigenvalue weighted by molar-refractivity contribution is 7.99. The van der Waals surface area contributed by atoms with Gasteiger partial charge in [0.15, 0.2) is 4.34 Å². The molecule has 1 aromatic heterocycles. The number of fused-ring (bicyclic) bond motifs is 1. The van der Waals surface area contributed by atoms with Gasteiger partial charge in [-0.25, -0.2) is 4.98 Å². The topological polar surface area (TPSA) is 24.9 Å². The molecule has 0 fully saturated rings. The molecule has 0 spiro atoms. The number of aryl methyl sites for hydroxylation is 1. The number of benzene rings is 1. The number of thiazole rings is 1. The summed E-state index contributed by atoms with van der Waals surface area (Å²) in [6.45, 7) is 8.88. The SMILES string of the molecule is CCCCc1cccc2sc(SNC(C)(C)CC)nc12. The summed E-state index contributed by atoms with van der Waals surface area (Å²) in [6.07, 6.45) is 4.71. The van der Waals surface area contributed by atoms with Gasteiger partial charge in [0.05, 0.1) is 10.2 Å². The smallest absolute Gasteiger partial charge is 0.166 e. The predicted octanol–water partition coefficient (Wildman–Crippen LogP) is 5.42. The number of nitrogens with zero attached hydrogens (tertiary/aromatic N) is 1.